The first kappa shape index (κ1) is 17.1. The first-order valence-corrected chi connectivity index (χ1v) is 7.90. The number of hydrogen-bond donors (Lipinski definition) is 1. The average Bonchev–Trinajstić information content (AvgIpc) is 3.05. The van der Waals surface area contributed by atoms with Crippen LogP contribution in [0.4, 0.5) is 5.69 Å². The molecule has 1 heterocycles. The zero-order chi connectivity index (χ0) is 16.5. The van der Waals surface area contributed by atoms with Crippen molar-refractivity contribution < 1.29 is 13.9 Å². The molecule has 0 aliphatic heterocycles. The molecule has 2 rings (SSSR count). The summed E-state index contributed by atoms with van der Waals surface area (Å²) in [4.78, 5) is 14.3. The predicted molar refractivity (Wildman–Crippen MR) is 90.7 cm³/mol. The third-order valence-corrected chi connectivity index (χ3v) is 3.57. The molecule has 124 valence electrons. The van der Waals surface area contributed by atoms with Gasteiger partial charge < -0.3 is 19.4 Å². The van der Waals surface area contributed by atoms with Gasteiger partial charge in [-0.05, 0) is 37.6 Å². The number of carbonyl (C=O) groups excluding carboxylic acids is 1. The van der Waals surface area contributed by atoms with Crippen LogP contribution in [-0.2, 0) is 11.3 Å². The number of benzene rings is 1. The Morgan fingerprint density at radius 1 is 1.22 bits per heavy atom. The van der Waals surface area contributed by atoms with Crippen molar-refractivity contribution in [1.82, 2.24) is 5.32 Å². The van der Waals surface area contributed by atoms with E-state index < -0.39 is 0 Å². The lowest BCUT2D eigenvalue weighted by atomic mass is 10.2. The van der Waals surface area contributed by atoms with Crippen LogP contribution in [0, 0.1) is 0 Å². The fraction of sp³-hybridized carbons (Fsp3) is 0.389. The summed E-state index contributed by atoms with van der Waals surface area (Å²) in [5, 5.41) is 2.89. The molecule has 0 atom stereocenters. The molecule has 23 heavy (non-hydrogen) atoms. The minimum atomic E-state index is -0.185. The van der Waals surface area contributed by atoms with Crippen LogP contribution in [0.25, 0.3) is 0 Å². The highest BCUT2D eigenvalue weighted by molar-refractivity contribution is 5.91. The molecule has 2 aromatic rings. The van der Waals surface area contributed by atoms with Gasteiger partial charge in [-0.25, -0.2) is 0 Å². The monoisotopic (exact) mass is 316 g/mol. The number of para-hydroxylation sites is 1. The minimum absolute atomic E-state index is 0.185. The van der Waals surface area contributed by atoms with Crippen LogP contribution in [-0.4, -0.2) is 32.7 Å². The van der Waals surface area contributed by atoms with E-state index in [1.54, 1.807) is 19.2 Å². The second-order valence-electron chi connectivity index (χ2n) is 5.22. The molecule has 1 aromatic carbocycles. The molecular formula is C18H24N2O3. The number of furan rings is 1. The molecule has 0 bridgehead atoms. The van der Waals surface area contributed by atoms with Gasteiger partial charge in [-0.1, -0.05) is 18.2 Å². The predicted octanol–water partition coefficient (Wildman–Crippen LogP) is 3.07. The molecule has 0 saturated heterocycles. The van der Waals surface area contributed by atoms with E-state index >= 15 is 0 Å². The zero-order valence-corrected chi connectivity index (χ0v) is 13.7. The van der Waals surface area contributed by atoms with Crippen molar-refractivity contribution in [2.24, 2.45) is 0 Å². The Kier molecular flexibility index (Phi) is 6.69. The van der Waals surface area contributed by atoms with Gasteiger partial charge in [0.25, 0.3) is 5.91 Å². The van der Waals surface area contributed by atoms with Crippen molar-refractivity contribution in [1.29, 1.82) is 0 Å². The van der Waals surface area contributed by atoms with Crippen LogP contribution in [0.3, 0.4) is 0 Å². The van der Waals surface area contributed by atoms with Crippen molar-refractivity contribution in [2.75, 3.05) is 31.6 Å². The molecule has 0 aliphatic carbocycles. The summed E-state index contributed by atoms with van der Waals surface area (Å²) >= 11 is 0. The first-order chi connectivity index (χ1) is 11.2. The second kappa shape index (κ2) is 9.00. The number of ether oxygens (including phenoxy) is 1. The average molecular weight is 316 g/mol. The summed E-state index contributed by atoms with van der Waals surface area (Å²) in [6.07, 6.45) is 0.875. The number of amides is 1. The van der Waals surface area contributed by atoms with E-state index in [0.29, 0.717) is 24.7 Å². The van der Waals surface area contributed by atoms with Crippen LogP contribution in [0.15, 0.2) is 46.9 Å². The van der Waals surface area contributed by atoms with Gasteiger partial charge in [-0.15, -0.1) is 0 Å². The van der Waals surface area contributed by atoms with Gasteiger partial charge in [0.1, 0.15) is 12.4 Å². The maximum atomic E-state index is 12.0. The highest BCUT2D eigenvalue weighted by Gasteiger charge is 2.10. The molecule has 1 aromatic heterocycles. The Bertz CT molecular complexity index is 595. The topological polar surface area (TPSA) is 54.7 Å². The number of rotatable bonds is 9. The Hall–Kier alpha value is -2.27. The van der Waals surface area contributed by atoms with Crippen molar-refractivity contribution in [2.45, 2.75) is 20.0 Å². The van der Waals surface area contributed by atoms with Crippen molar-refractivity contribution in [3.05, 3.63) is 54.0 Å². The smallest absolute Gasteiger partial charge is 0.286 e. The molecule has 1 N–H and O–H groups in total. The highest BCUT2D eigenvalue weighted by Crippen LogP contribution is 2.13. The van der Waals surface area contributed by atoms with Crippen LogP contribution in [0.1, 0.15) is 29.7 Å². The summed E-state index contributed by atoms with van der Waals surface area (Å²) in [7, 11) is 1.59. The number of methoxy groups -OCH3 is 1. The molecule has 0 radical (unpaired) electrons. The van der Waals surface area contributed by atoms with E-state index in [9.17, 15) is 4.79 Å². The van der Waals surface area contributed by atoms with E-state index in [2.05, 4.69) is 29.3 Å². The zero-order valence-electron chi connectivity index (χ0n) is 13.7. The Balaban J connectivity index is 1.74. The van der Waals surface area contributed by atoms with E-state index in [1.807, 2.05) is 18.2 Å². The second-order valence-corrected chi connectivity index (χ2v) is 5.22. The number of nitrogens with one attached hydrogen (secondary N) is 1. The largest absolute Gasteiger partial charge is 0.453 e. The first-order valence-electron chi connectivity index (χ1n) is 7.90. The maximum Gasteiger partial charge on any atom is 0.286 e. The van der Waals surface area contributed by atoms with Gasteiger partial charge >= 0.3 is 0 Å². The van der Waals surface area contributed by atoms with Crippen LogP contribution >= 0.6 is 0 Å². The summed E-state index contributed by atoms with van der Waals surface area (Å²) < 4.78 is 10.4. The molecule has 0 spiro atoms. The summed E-state index contributed by atoms with van der Waals surface area (Å²) in [6, 6.07) is 13.7. The van der Waals surface area contributed by atoms with Gasteiger partial charge in [-0.3, -0.25) is 4.79 Å². The van der Waals surface area contributed by atoms with E-state index in [0.717, 1.165) is 19.5 Å². The summed E-state index contributed by atoms with van der Waals surface area (Å²) in [5.41, 5.74) is 1.21. The van der Waals surface area contributed by atoms with Crippen LogP contribution < -0.4 is 10.2 Å². The Labute approximate surface area is 137 Å². The number of nitrogens with zero attached hydrogens (tertiary/aromatic N) is 1. The minimum Gasteiger partial charge on any atom is -0.453 e. The van der Waals surface area contributed by atoms with Crippen molar-refractivity contribution in [3.63, 3.8) is 0 Å². The maximum absolute atomic E-state index is 12.0. The molecule has 5 nitrogen and oxygen atoms in total. The third-order valence-electron chi connectivity index (χ3n) is 3.57. The summed E-state index contributed by atoms with van der Waals surface area (Å²) in [6.45, 7) is 4.95. The Morgan fingerprint density at radius 2 is 2.00 bits per heavy atom. The standard InChI is InChI=1S/C18H24N2O3/c1-3-20(15-8-5-4-6-9-15)13-7-12-19-18(21)17-11-10-16(23-17)14-22-2/h4-6,8-11H,3,7,12-14H2,1-2H3,(H,19,21). The number of anilines is 1. The molecule has 0 aliphatic rings. The lowest BCUT2D eigenvalue weighted by Gasteiger charge is -2.23. The van der Waals surface area contributed by atoms with Crippen molar-refractivity contribution >= 4 is 11.6 Å². The lowest BCUT2D eigenvalue weighted by molar-refractivity contribution is 0.0917. The molecule has 5 heteroatoms. The SMILES string of the molecule is CCN(CCCNC(=O)c1ccc(COC)o1)c1ccccc1. The molecule has 1 amide bonds. The quantitative estimate of drug-likeness (QED) is 0.722. The van der Waals surface area contributed by atoms with Crippen molar-refractivity contribution in [3.8, 4) is 0 Å². The third kappa shape index (κ3) is 5.14. The molecule has 0 fully saturated rings. The van der Waals surface area contributed by atoms with Gasteiger partial charge in [0.2, 0.25) is 0 Å². The lowest BCUT2D eigenvalue weighted by Crippen LogP contribution is -2.29. The highest BCUT2D eigenvalue weighted by atomic mass is 16.5. The number of carbonyl (C=O) groups is 1. The molecular weight excluding hydrogens is 292 g/mol. The van der Waals surface area contributed by atoms with Gasteiger partial charge in [0, 0.05) is 32.4 Å². The fourth-order valence-electron chi connectivity index (χ4n) is 2.39. The van der Waals surface area contributed by atoms with E-state index in [-0.39, 0.29) is 5.91 Å². The van der Waals surface area contributed by atoms with Crippen LogP contribution in [0.5, 0.6) is 0 Å². The normalized spacial score (nSPS) is 10.5. The Morgan fingerprint density at radius 3 is 2.70 bits per heavy atom. The summed E-state index contributed by atoms with van der Waals surface area (Å²) in [5.74, 6) is 0.793. The van der Waals surface area contributed by atoms with E-state index in [1.165, 1.54) is 5.69 Å². The van der Waals surface area contributed by atoms with Crippen LogP contribution in [0.2, 0.25) is 0 Å². The van der Waals surface area contributed by atoms with E-state index in [4.69, 9.17) is 9.15 Å². The molecule has 0 unspecified atom stereocenters. The van der Waals surface area contributed by atoms with Gasteiger partial charge in [0.05, 0.1) is 0 Å². The van der Waals surface area contributed by atoms with Gasteiger partial charge in [0.15, 0.2) is 5.76 Å². The fourth-order valence-corrected chi connectivity index (χ4v) is 2.39. The number of hydrogen-bond acceptors (Lipinski definition) is 4. The molecule has 0 saturated carbocycles. The van der Waals surface area contributed by atoms with Gasteiger partial charge in [-0.2, -0.15) is 0 Å².